The quantitative estimate of drug-likeness (QED) is 0.171. The van der Waals surface area contributed by atoms with Gasteiger partial charge < -0.3 is 0 Å². The lowest BCUT2D eigenvalue weighted by atomic mass is 9.68. The standard InChI is InChI=1S/C41H53F3/c1-3-4-5-6-7-8-9-10-11-35-24-27-38(41(44)40(35)43)34-22-18-32(19-23-34)36-25-26-37(39(42)28-36)33-20-16-31(17-21-33)30-14-12-29(2)13-15-30/h18-19,22-31,33H,3-17,20-21H2,1-2H3. The van der Waals surface area contributed by atoms with E-state index >= 15 is 8.78 Å². The van der Waals surface area contributed by atoms with Gasteiger partial charge in [0.15, 0.2) is 11.6 Å². The fraction of sp³-hybridized carbons (Fsp3) is 0.561. The Morgan fingerprint density at radius 2 is 1.14 bits per heavy atom. The smallest absolute Gasteiger partial charge is 0.166 e. The minimum Gasteiger partial charge on any atom is -0.207 e. The molecule has 0 radical (unpaired) electrons. The van der Waals surface area contributed by atoms with E-state index in [0.29, 0.717) is 23.5 Å². The number of aryl methyl sites for hydroxylation is 1. The summed E-state index contributed by atoms with van der Waals surface area (Å²) in [6, 6.07) is 16.5. The molecule has 238 valence electrons. The molecule has 2 aliphatic rings. The Morgan fingerprint density at radius 1 is 0.568 bits per heavy atom. The van der Waals surface area contributed by atoms with Crippen LogP contribution in [0.15, 0.2) is 54.6 Å². The van der Waals surface area contributed by atoms with Crippen LogP contribution in [0.25, 0.3) is 22.3 Å². The van der Waals surface area contributed by atoms with Crippen LogP contribution in [0.5, 0.6) is 0 Å². The molecule has 0 spiro atoms. The lowest BCUT2D eigenvalue weighted by Gasteiger charge is -2.37. The number of rotatable bonds is 13. The van der Waals surface area contributed by atoms with E-state index in [4.69, 9.17) is 0 Å². The van der Waals surface area contributed by atoms with E-state index in [1.54, 1.807) is 18.2 Å². The van der Waals surface area contributed by atoms with Crippen molar-refractivity contribution in [2.24, 2.45) is 17.8 Å². The fourth-order valence-corrected chi connectivity index (χ4v) is 7.99. The SMILES string of the molecule is CCCCCCCCCCc1ccc(-c2ccc(-c3ccc(C4CCC(C5CCC(C)CC5)CC4)c(F)c3)cc2)c(F)c1F. The van der Waals surface area contributed by atoms with Crippen molar-refractivity contribution in [2.75, 3.05) is 0 Å². The van der Waals surface area contributed by atoms with Gasteiger partial charge in [0.1, 0.15) is 5.82 Å². The van der Waals surface area contributed by atoms with Crippen LogP contribution in [-0.2, 0) is 6.42 Å². The summed E-state index contributed by atoms with van der Waals surface area (Å²) in [6.45, 7) is 4.60. The van der Waals surface area contributed by atoms with Crippen molar-refractivity contribution in [1.82, 2.24) is 0 Å². The van der Waals surface area contributed by atoms with Crippen LogP contribution in [0.4, 0.5) is 13.2 Å². The molecule has 2 fully saturated rings. The molecule has 0 atom stereocenters. The molecule has 0 heterocycles. The molecule has 3 heteroatoms. The maximum atomic E-state index is 15.4. The average molecular weight is 603 g/mol. The minimum absolute atomic E-state index is 0.123. The van der Waals surface area contributed by atoms with Crippen molar-refractivity contribution >= 4 is 0 Å². The lowest BCUT2D eigenvalue weighted by molar-refractivity contribution is 0.164. The molecule has 44 heavy (non-hydrogen) atoms. The van der Waals surface area contributed by atoms with Crippen LogP contribution < -0.4 is 0 Å². The van der Waals surface area contributed by atoms with E-state index in [0.717, 1.165) is 66.5 Å². The van der Waals surface area contributed by atoms with Gasteiger partial charge in [-0.05, 0) is 109 Å². The first kappa shape index (κ1) is 32.8. The predicted molar refractivity (Wildman–Crippen MR) is 179 cm³/mol. The highest BCUT2D eigenvalue weighted by molar-refractivity contribution is 5.71. The summed E-state index contributed by atoms with van der Waals surface area (Å²) in [6.07, 6.45) is 20.1. The Kier molecular flexibility index (Phi) is 12.0. The first-order chi connectivity index (χ1) is 21.4. The van der Waals surface area contributed by atoms with Crippen LogP contribution >= 0.6 is 0 Å². The topological polar surface area (TPSA) is 0 Å². The fourth-order valence-electron chi connectivity index (χ4n) is 7.99. The maximum absolute atomic E-state index is 15.4. The molecule has 2 aliphatic carbocycles. The summed E-state index contributed by atoms with van der Waals surface area (Å²) in [4.78, 5) is 0. The highest BCUT2D eigenvalue weighted by Crippen LogP contribution is 2.44. The third-order valence-electron chi connectivity index (χ3n) is 10.9. The molecule has 0 bridgehead atoms. The molecular formula is C41H53F3. The van der Waals surface area contributed by atoms with Crippen molar-refractivity contribution < 1.29 is 13.2 Å². The highest BCUT2D eigenvalue weighted by atomic mass is 19.2. The number of hydrogen-bond donors (Lipinski definition) is 0. The number of benzene rings is 3. The second-order valence-electron chi connectivity index (χ2n) is 14.1. The summed E-state index contributed by atoms with van der Waals surface area (Å²) in [7, 11) is 0. The van der Waals surface area contributed by atoms with Gasteiger partial charge in [-0.3, -0.25) is 0 Å². The zero-order chi connectivity index (χ0) is 30.9. The van der Waals surface area contributed by atoms with Crippen LogP contribution in [0.3, 0.4) is 0 Å². The van der Waals surface area contributed by atoms with Gasteiger partial charge in [0.05, 0.1) is 0 Å². The van der Waals surface area contributed by atoms with Crippen LogP contribution in [-0.4, -0.2) is 0 Å². The lowest BCUT2D eigenvalue weighted by Crippen LogP contribution is -2.25. The molecule has 0 unspecified atom stereocenters. The summed E-state index contributed by atoms with van der Waals surface area (Å²) >= 11 is 0. The zero-order valence-corrected chi connectivity index (χ0v) is 27.2. The van der Waals surface area contributed by atoms with Crippen molar-refractivity contribution in [3.8, 4) is 22.3 Å². The van der Waals surface area contributed by atoms with E-state index in [9.17, 15) is 4.39 Å². The van der Waals surface area contributed by atoms with Gasteiger partial charge in [-0.25, -0.2) is 13.2 Å². The molecule has 0 saturated heterocycles. The Hall–Kier alpha value is -2.55. The molecule has 0 nitrogen and oxygen atoms in total. The third kappa shape index (κ3) is 8.38. The van der Waals surface area contributed by atoms with Crippen LogP contribution in [0, 0.1) is 35.2 Å². The van der Waals surface area contributed by atoms with Crippen molar-refractivity contribution in [2.45, 2.75) is 129 Å². The normalized spacial score (nSPS) is 22.3. The second-order valence-corrected chi connectivity index (χ2v) is 14.1. The van der Waals surface area contributed by atoms with Gasteiger partial charge in [0.2, 0.25) is 0 Å². The molecule has 3 aromatic carbocycles. The predicted octanol–water partition coefficient (Wildman–Crippen LogP) is 13.2. The molecule has 5 rings (SSSR count). The third-order valence-corrected chi connectivity index (χ3v) is 10.9. The second kappa shape index (κ2) is 16.1. The largest absolute Gasteiger partial charge is 0.207 e. The van der Waals surface area contributed by atoms with Crippen LogP contribution in [0.2, 0.25) is 0 Å². The van der Waals surface area contributed by atoms with E-state index in [1.165, 1.54) is 70.6 Å². The Labute approximate surface area is 264 Å². The molecule has 0 aromatic heterocycles. The molecule has 0 aliphatic heterocycles. The molecule has 2 saturated carbocycles. The summed E-state index contributed by atoms with van der Waals surface area (Å²) in [5, 5.41) is 0. The van der Waals surface area contributed by atoms with E-state index in [2.05, 4.69) is 13.8 Å². The Balaban J connectivity index is 1.15. The molecule has 0 amide bonds. The van der Waals surface area contributed by atoms with Crippen molar-refractivity contribution in [3.63, 3.8) is 0 Å². The number of halogens is 3. The monoisotopic (exact) mass is 602 g/mol. The van der Waals surface area contributed by atoms with Crippen molar-refractivity contribution in [1.29, 1.82) is 0 Å². The van der Waals surface area contributed by atoms with Gasteiger partial charge in [-0.1, -0.05) is 120 Å². The molecule has 3 aromatic rings. The maximum Gasteiger partial charge on any atom is 0.166 e. The highest BCUT2D eigenvalue weighted by Gasteiger charge is 2.31. The van der Waals surface area contributed by atoms with Gasteiger partial charge in [0.25, 0.3) is 0 Å². The van der Waals surface area contributed by atoms with Crippen molar-refractivity contribution in [3.05, 3.63) is 83.2 Å². The van der Waals surface area contributed by atoms with E-state index in [1.807, 2.05) is 36.4 Å². The zero-order valence-electron chi connectivity index (χ0n) is 27.2. The Morgan fingerprint density at radius 3 is 1.77 bits per heavy atom. The molecular weight excluding hydrogens is 549 g/mol. The van der Waals surface area contributed by atoms with Gasteiger partial charge in [-0.2, -0.15) is 0 Å². The molecule has 0 N–H and O–H groups in total. The van der Waals surface area contributed by atoms with E-state index in [-0.39, 0.29) is 11.4 Å². The van der Waals surface area contributed by atoms with Gasteiger partial charge in [0, 0.05) is 5.56 Å². The van der Waals surface area contributed by atoms with E-state index < -0.39 is 11.6 Å². The first-order valence-electron chi connectivity index (χ1n) is 17.8. The first-order valence-corrected chi connectivity index (χ1v) is 17.8. The summed E-state index contributed by atoms with van der Waals surface area (Å²) in [5.74, 6) is 1.26. The minimum atomic E-state index is -0.780. The summed E-state index contributed by atoms with van der Waals surface area (Å²) in [5.41, 5.74) is 3.91. The Bertz CT molecular complexity index is 1310. The van der Waals surface area contributed by atoms with Crippen LogP contribution in [0.1, 0.15) is 134 Å². The average Bonchev–Trinajstić information content (AvgIpc) is 3.05. The summed E-state index contributed by atoms with van der Waals surface area (Å²) < 4.78 is 45.5. The number of unbranched alkanes of at least 4 members (excludes halogenated alkanes) is 7. The number of hydrogen-bond acceptors (Lipinski definition) is 0. The van der Waals surface area contributed by atoms with Gasteiger partial charge >= 0.3 is 0 Å². The van der Waals surface area contributed by atoms with Gasteiger partial charge in [-0.15, -0.1) is 0 Å².